The second kappa shape index (κ2) is 9.82. The highest BCUT2D eigenvalue weighted by atomic mass is 14.9. The Labute approximate surface area is 154 Å². The lowest BCUT2D eigenvalue weighted by atomic mass is 9.96. The number of hydrogen-bond donors (Lipinski definition) is 2. The Morgan fingerprint density at radius 1 is 1.40 bits per heavy atom. The summed E-state index contributed by atoms with van der Waals surface area (Å²) in [7, 11) is 0. The molecule has 0 amide bonds. The molecular formula is C23H36N2. The second-order valence-corrected chi connectivity index (χ2v) is 7.81. The summed E-state index contributed by atoms with van der Waals surface area (Å²) in [6.07, 6.45) is 9.33. The van der Waals surface area contributed by atoms with Gasteiger partial charge in [0.25, 0.3) is 0 Å². The molecule has 0 bridgehead atoms. The number of aryl methyl sites for hydroxylation is 2. The van der Waals surface area contributed by atoms with Crippen molar-refractivity contribution in [3.05, 3.63) is 53.1 Å². The number of nitrogens with two attached hydrogens (primary N) is 1. The monoisotopic (exact) mass is 340 g/mol. The van der Waals surface area contributed by atoms with Gasteiger partial charge in [-0.2, -0.15) is 0 Å². The van der Waals surface area contributed by atoms with Crippen LogP contribution in [0.25, 0.3) is 5.70 Å². The van der Waals surface area contributed by atoms with E-state index in [1.54, 1.807) is 5.57 Å². The van der Waals surface area contributed by atoms with Crippen molar-refractivity contribution in [1.82, 2.24) is 5.32 Å². The lowest BCUT2D eigenvalue weighted by Gasteiger charge is -2.18. The highest BCUT2D eigenvalue weighted by Gasteiger charge is 2.15. The lowest BCUT2D eigenvalue weighted by Crippen LogP contribution is -2.20. The van der Waals surface area contributed by atoms with Crippen molar-refractivity contribution < 1.29 is 0 Å². The van der Waals surface area contributed by atoms with E-state index in [0.717, 1.165) is 44.0 Å². The maximum absolute atomic E-state index is 5.65. The van der Waals surface area contributed by atoms with E-state index in [-0.39, 0.29) is 0 Å². The number of hydrogen-bond acceptors (Lipinski definition) is 2. The van der Waals surface area contributed by atoms with E-state index < -0.39 is 0 Å². The van der Waals surface area contributed by atoms with Gasteiger partial charge in [0.2, 0.25) is 0 Å². The van der Waals surface area contributed by atoms with Gasteiger partial charge < -0.3 is 11.1 Å². The molecule has 1 aromatic rings. The SMILES string of the molecule is C=C(NCC(C)CC1=CCC(C)C1)c1cc(CCCN)ccc1CC. The standard InChI is InChI=1S/C23H36N2/c1-5-22-11-10-20(7-6-12-24)15-23(22)19(4)25-16-18(3)14-21-9-8-17(2)13-21/h9-11,15,17-18,25H,4-8,12-14,16,24H2,1-3H3. The molecule has 0 heterocycles. The summed E-state index contributed by atoms with van der Waals surface area (Å²) in [6.45, 7) is 12.9. The van der Waals surface area contributed by atoms with Gasteiger partial charge in [0.15, 0.2) is 0 Å². The highest BCUT2D eigenvalue weighted by Crippen LogP contribution is 2.29. The fourth-order valence-electron chi connectivity index (χ4n) is 3.74. The largest absolute Gasteiger partial charge is 0.385 e. The average Bonchev–Trinajstić information content (AvgIpc) is 3.02. The molecule has 0 aliphatic heterocycles. The molecule has 25 heavy (non-hydrogen) atoms. The molecule has 1 aliphatic carbocycles. The molecule has 0 fully saturated rings. The minimum Gasteiger partial charge on any atom is -0.385 e. The van der Waals surface area contributed by atoms with Crippen molar-refractivity contribution in [3.63, 3.8) is 0 Å². The fraction of sp³-hybridized carbons (Fsp3) is 0.565. The van der Waals surface area contributed by atoms with Crippen LogP contribution >= 0.6 is 0 Å². The summed E-state index contributed by atoms with van der Waals surface area (Å²) >= 11 is 0. The number of rotatable bonds is 10. The van der Waals surface area contributed by atoms with Crippen LogP contribution in [0.15, 0.2) is 36.4 Å². The van der Waals surface area contributed by atoms with Gasteiger partial charge in [0.05, 0.1) is 0 Å². The van der Waals surface area contributed by atoms with E-state index in [2.05, 4.69) is 56.9 Å². The molecule has 2 unspecified atom stereocenters. The van der Waals surface area contributed by atoms with E-state index in [1.165, 1.54) is 36.0 Å². The molecular weight excluding hydrogens is 304 g/mol. The first-order valence-corrected chi connectivity index (χ1v) is 9.96. The van der Waals surface area contributed by atoms with Gasteiger partial charge in [-0.05, 0) is 74.1 Å². The van der Waals surface area contributed by atoms with Crippen molar-refractivity contribution in [1.29, 1.82) is 0 Å². The van der Waals surface area contributed by atoms with E-state index in [0.29, 0.717) is 5.92 Å². The quantitative estimate of drug-likeness (QED) is 0.583. The minimum atomic E-state index is 0.638. The average molecular weight is 341 g/mol. The summed E-state index contributed by atoms with van der Waals surface area (Å²) in [6, 6.07) is 6.79. The third kappa shape index (κ3) is 6.04. The van der Waals surface area contributed by atoms with Crippen LogP contribution in [0.1, 0.15) is 63.1 Å². The number of benzene rings is 1. The van der Waals surface area contributed by atoms with Crippen LogP contribution < -0.4 is 11.1 Å². The van der Waals surface area contributed by atoms with Crippen LogP contribution in [-0.2, 0) is 12.8 Å². The zero-order chi connectivity index (χ0) is 18.2. The maximum atomic E-state index is 5.65. The highest BCUT2D eigenvalue weighted by molar-refractivity contribution is 5.65. The Morgan fingerprint density at radius 2 is 2.20 bits per heavy atom. The summed E-state index contributed by atoms with van der Waals surface area (Å²) in [5.74, 6) is 1.48. The van der Waals surface area contributed by atoms with Gasteiger partial charge in [-0.1, -0.05) is 51.1 Å². The third-order valence-corrected chi connectivity index (χ3v) is 5.24. The summed E-state index contributed by atoms with van der Waals surface area (Å²) in [4.78, 5) is 0. The van der Waals surface area contributed by atoms with Crippen LogP contribution in [0.5, 0.6) is 0 Å². The molecule has 0 spiro atoms. The molecule has 2 rings (SSSR count). The predicted molar refractivity (Wildman–Crippen MR) is 110 cm³/mol. The van der Waals surface area contributed by atoms with Gasteiger partial charge in [0, 0.05) is 17.8 Å². The zero-order valence-corrected chi connectivity index (χ0v) is 16.4. The van der Waals surface area contributed by atoms with Crippen LogP contribution in [-0.4, -0.2) is 13.1 Å². The van der Waals surface area contributed by atoms with Gasteiger partial charge in [-0.3, -0.25) is 0 Å². The fourth-order valence-corrected chi connectivity index (χ4v) is 3.74. The smallest absolute Gasteiger partial charge is 0.0343 e. The first kappa shape index (κ1) is 19.8. The van der Waals surface area contributed by atoms with Gasteiger partial charge in [0.1, 0.15) is 0 Å². The van der Waals surface area contributed by atoms with Crippen LogP contribution in [0.4, 0.5) is 0 Å². The van der Waals surface area contributed by atoms with E-state index in [1.807, 2.05) is 0 Å². The van der Waals surface area contributed by atoms with Crippen molar-refractivity contribution >= 4 is 5.70 Å². The molecule has 3 N–H and O–H groups in total. The first-order valence-electron chi connectivity index (χ1n) is 9.96. The Bertz CT molecular complexity index is 600. The van der Waals surface area contributed by atoms with E-state index in [9.17, 15) is 0 Å². The van der Waals surface area contributed by atoms with Crippen LogP contribution in [0, 0.1) is 11.8 Å². The van der Waals surface area contributed by atoms with Crippen LogP contribution in [0.3, 0.4) is 0 Å². The first-order chi connectivity index (χ1) is 12.0. The number of nitrogens with one attached hydrogen (secondary N) is 1. The van der Waals surface area contributed by atoms with Crippen molar-refractivity contribution in [2.75, 3.05) is 13.1 Å². The van der Waals surface area contributed by atoms with Gasteiger partial charge in [-0.25, -0.2) is 0 Å². The van der Waals surface area contributed by atoms with E-state index in [4.69, 9.17) is 5.73 Å². The molecule has 0 aromatic heterocycles. The molecule has 1 aliphatic rings. The topological polar surface area (TPSA) is 38.0 Å². The van der Waals surface area contributed by atoms with Gasteiger partial charge >= 0.3 is 0 Å². The molecule has 0 saturated carbocycles. The predicted octanol–water partition coefficient (Wildman–Crippen LogP) is 5.08. The Balaban J connectivity index is 1.92. The maximum Gasteiger partial charge on any atom is 0.0343 e. The van der Waals surface area contributed by atoms with E-state index >= 15 is 0 Å². The third-order valence-electron chi connectivity index (χ3n) is 5.24. The Morgan fingerprint density at radius 3 is 2.84 bits per heavy atom. The summed E-state index contributed by atoms with van der Waals surface area (Å²) in [5, 5.41) is 3.60. The molecule has 2 heteroatoms. The summed E-state index contributed by atoms with van der Waals surface area (Å²) in [5.41, 5.74) is 12.4. The van der Waals surface area contributed by atoms with Crippen molar-refractivity contribution in [2.45, 2.75) is 59.3 Å². The second-order valence-electron chi connectivity index (χ2n) is 7.81. The molecule has 1 aromatic carbocycles. The number of allylic oxidation sites excluding steroid dienone is 2. The normalized spacial score (nSPS) is 18.1. The Kier molecular flexibility index (Phi) is 7.77. The van der Waals surface area contributed by atoms with Gasteiger partial charge in [-0.15, -0.1) is 0 Å². The molecule has 138 valence electrons. The van der Waals surface area contributed by atoms with Crippen molar-refractivity contribution in [3.8, 4) is 0 Å². The minimum absolute atomic E-state index is 0.638. The molecule has 2 nitrogen and oxygen atoms in total. The summed E-state index contributed by atoms with van der Waals surface area (Å²) < 4.78 is 0. The molecule has 0 radical (unpaired) electrons. The van der Waals surface area contributed by atoms with Crippen LogP contribution in [0.2, 0.25) is 0 Å². The van der Waals surface area contributed by atoms with Crippen molar-refractivity contribution in [2.24, 2.45) is 17.6 Å². The molecule has 2 atom stereocenters. The Hall–Kier alpha value is -1.54. The lowest BCUT2D eigenvalue weighted by molar-refractivity contribution is 0.535. The zero-order valence-electron chi connectivity index (χ0n) is 16.4. The molecule has 0 saturated heterocycles.